The molecular formula is C22H20N2O3S. The lowest BCUT2D eigenvalue weighted by Crippen LogP contribution is -2.28. The molecule has 1 aromatic heterocycles. The molecule has 0 bridgehead atoms. The maximum atomic E-state index is 12.6. The molecule has 2 heterocycles. The molecule has 1 fully saturated rings. The van der Waals surface area contributed by atoms with E-state index in [1.807, 2.05) is 55.1 Å². The third-order valence-electron chi connectivity index (χ3n) is 4.65. The minimum atomic E-state index is -0.302. The standard InChI is InChI=1S/C22H20N2O3S/c1-14-8-9-18(15(2)11-14)24-20(25)13-28-22(24)16-5-3-6-17(12-16)23-21(26)19-7-4-10-27-19/h3-12,22H,13H2,1-2H3,(H,23,26)/t22-/m1/s1. The highest BCUT2D eigenvalue weighted by molar-refractivity contribution is 8.00. The van der Waals surface area contributed by atoms with E-state index in [1.54, 1.807) is 23.9 Å². The van der Waals surface area contributed by atoms with Crippen LogP contribution in [0.5, 0.6) is 0 Å². The summed E-state index contributed by atoms with van der Waals surface area (Å²) in [7, 11) is 0. The van der Waals surface area contributed by atoms with Crippen molar-refractivity contribution in [3.8, 4) is 0 Å². The van der Waals surface area contributed by atoms with Gasteiger partial charge in [-0.15, -0.1) is 11.8 Å². The first-order valence-electron chi connectivity index (χ1n) is 8.98. The molecule has 1 atom stereocenters. The van der Waals surface area contributed by atoms with Crippen molar-refractivity contribution in [2.75, 3.05) is 16.0 Å². The van der Waals surface area contributed by atoms with Gasteiger partial charge in [-0.05, 0) is 55.3 Å². The largest absolute Gasteiger partial charge is 0.459 e. The number of nitrogens with one attached hydrogen (secondary N) is 1. The van der Waals surface area contributed by atoms with E-state index in [4.69, 9.17) is 4.42 Å². The quantitative estimate of drug-likeness (QED) is 0.684. The number of anilines is 2. The fraction of sp³-hybridized carbons (Fsp3) is 0.182. The summed E-state index contributed by atoms with van der Waals surface area (Å²) in [5, 5.41) is 2.72. The van der Waals surface area contributed by atoms with Crippen molar-refractivity contribution in [1.82, 2.24) is 0 Å². The van der Waals surface area contributed by atoms with Gasteiger partial charge in [0.05, 0.1) is 12.0 Å². The number of thioether (sulfide) groups is 1. The van der Waals surface area contributed by atoms with Crippen molar-refractivity contribution in [2.24, 2.45) is 0 Å². The van der Waals surface area contributed by atoms with Crippen LogP contribution in [-0.2, 0) is 4.79 Å². The SMILES string of the molecule is Cc1ccc(N2C(=O)CS[C@@H]2c2cccc(NC(=O)c3ccco3)c2)c(C)c1. The number of rotatable bonds is 4. The van der Waals surface area contributed by atoms with Gasteiger partial charge in [0.1, 0.15) is 5.37 Å². The van der Waals surface area contributed by atoms with Crippen LogP contribution in [-0.4, -0.2) is 17.6 Å². The summed E-state index contributed by atoms with van der Waals surface area (Å²) in [5.41, 5.74) is 4.80. The molecule has 0 radical (unpaired) electrons. The van der Waals surface area contributed by atoms with Crippen molar-refractivity contribution < 1.29 is 14.0 Å². The predicted molar refractivity (Wildman–Crippen MR) is 112 cm³/mol. The van der Waals surface area contributed by atoms with Gasteiger partial charge in [-0.1, -0.05) is 29.8 Å². The van der Waals surface area contributed by atoms with Crippen LogP contribution in [0, 0.1) is 13.8 Å². The lowest BCUT2D eigenvalue weighted by atomic mass is 10.1. The number of nitrogens with zero attached hydrogens (tertiary/aromatic N) is 1. The summed E-state index contributed by atoms with van der Waals surface area (Å²) in [6, 6.07) is 17.0. The van der Waals surface area contributed by atoms with Gasteiger partial charge < -0.3 is 9.73 Å². The van der Waals surface area contributed by atoms with Gasteiger partial charge in [0, 0.05) is 11.4 Å². The van der Waals surface area contributed by atoms with E-state index in [0.717, 1.165) is 16.8 Å². The normalized spacial score (nSPS) is 16.4. The zero-order valence-corrected chi connectivity index (χ0v) is 16.5. The first-order chi connectivity index (χ1) is 13.5. The molecule has 0 unspecified atom stereocenters. The zero-order valence-electron chi connectivity index (χ0n) is 15.6. The second-order valence-electron chi connectivity index (χ2n) is 6.77. The number of carbonyl (C=O) groups is 2. The van der Waals surface area contributed by atoms with Crippen LogP contribution in [0.25, 0.3) is 0 Å². The maximum absolute atomic E-state index is 12.6. The van der Waals surface area contributed by atoms with Crippen LogP contribution in [0.3, 0.4) is 0 Å². The van der Waals surface area contributed by atoms with Gasteiger partial charge in [0.15, 0.2) is 5.76 Å². The number of furan rings is 1. The van der Waals surface area contributed by atoms with Crippen molar-refractivity contribution in [3.63, 3.8) is 0 Å². The Kier molecular flexibility index (Phi) is 4.96. The molecular weight excluding hydrogens is 372 g/mol. The Morgan fingerprint density at radius 2 is 2.00 bits per heavy atom. The van der Waals surface area contributed by atoms with Gasteiger partial charge in [-0.25, -0.2) is 0 Å². The van der Waals surface area contributed by atoms with Crippen molar-refractivity contribution in [3.05, 3.63) is 83.3 Å². The first-order valence-corrected chi connectivity index (χ1v) is 10.0. The van der Waals surface area contributed by atoms with Crippen LogP contribution in [0.1, 0.15) is 32.6 Å². The molecule has 0 saturated carbocycles. The summed E-state index contributed by atoms with van der Waals surface area (Å²) in [4.78, 5) is 26.7. The van der Waals surface area contributed by atoms with Gasteiger partial charge in [-0.3, -0.25) is 14.5 Å². The third kappa shape index (κ3) is 3.55. The van der Waals surface area contributed by atoms with Crippen molar-refractivity contribution >= 4 is 35.0 Å². The van der Waals surface area contributed by atoms with Gasteiger partial charge >= 0.3 is 0 Å². The van der Waals surface area contributed by atoms with E-state index in [1.165, 1.54) is 11.8 Å². The molecule has 142 valence electrons. The second kappa shape index (κ2) is 7.56. The number of carbonyl (C=O) groups excluding carboxylic acids is 2. The van der Waals surface area contributed by atoms with E-state index < -0.39 is 0 Å². The number of hydrogen-bond donors (Lipinski definition) is 1. The molecule has 4 rings (SSSR count). The number of aryl methyl sites for hydroxylation is 2. The van der Waals surface area contributed by atoms with Crippen LogP contribution in [0.4, 0.5) is 11.4 Å². The molecule has 0 spiro atoms. The average molecular weight is 392 g/mol. The van der Waals surface area contributed by atoms with Crippen LogP contribution < -0.4 is 10.2 Å². The molecule has 3 aromatic rings. The highest BCUT2D eigenvalue weighted by atomic mass is 32.2. The van der Waals surface area contributed by atoms with Crippen LogP contribution >= 0.6 is 11.8 Å². The predicted octanol–water partition coefficient (Wildman–Crippen LogP) is 4.93. The van der Waals surface area contributed by atoms with Crippen molar-refractivity contribution in [2.45, 2.75) is 19.2 Å². The molecule has 6 heteroatoms. The summed E-state index contributed by atoms with van der Waals surface area (Å²) >= 11 is 1.59. The minimum Gasteiger partial charge on any atom is -0.459 e. The Balaban J connectivity index is 1.62. The third-order valence-corrected chi connectivity index (χ3v) is 5.87. The van der Waals surface area contributed by atoms with Gasteiger partial charge in [0.25, 0.3) is 5.91 Å². The molecule has 1 N–H and O–H groups in total. The Bertz CT molecular complexity index is 1030. The lowest BCUT2D eigenvalue weighted by molar-refractivity contribution is -0.115. The van der Waals surface area contributed by atoms with E-state index in [9.17, 15) is 9.59 Å². The maximum Gasteiger partial charge on any atom is 0.291 e. The van der Waals surface area contributed by atoms with E-state index >= 15 is 0 Å². The lowest BCUT2D eigenvalue weighted by Gasteiger charge is -2.26. The Morgan fingerprint density at radius 1 is 1.14 bits per heavy atom. The highest BCUT2D eigenvalue weighted by Gasteiger charge is 2.34. The average Bonchev–Trinajstić information content (AvgIpc) is 3.32. The molecule has 28 heavy (non-hydrogen) atoms. The molecule has 2 aromatic carbocycles. The van der Waals surface area contributed by atoms with Crippen LogP contribution in [0.15, 0.2) is 65.3 Å². The Hall–Kier alpha value is -2.99. The molecule has 1 aliphatic heterocycles. The number of amides is 2. The summed E-state index contributed by atoms with van der Waals surface area (Å²) in [5.74, 6) is 0.476. The van der Waals surface area contributed by atoms with E-state index in [2.05, 4.69) is 11.4 Å². The second-order valence-corrected chi connectivity index (χ2v) is 7.84. The summed E-state index contributed by atoms with van der Waals surface area (Å²) in [6.45, 7) is 4.07. The van der Waals surface area contributed by atoms with Gasteiger partial charge in [0.2, 0.25) is 5.91 Å². The van der Waals surface area contributed by atoms with Gasteiger partial charge in [-0.2, -0.15) is 0 Å². The Labute approximate surface area is 167 Å². The topological polar surface area (TPSA) is 62.6 Å². The molecule has 1 aliphatic rings. The summed E-state index contributed by atoms with van der Waals surface area (Å²) < 4.78 is 5.14. The minimum absolute atomic E-state index is 0.0898. The number of hydrogen-bond acceptors (Lipinski definition) is 4. The molecule has 1 saturated heterocycles. The van der Waals surface area contributed by atoms with E-state index in [0.29, 0.717) is 11.4 Å². The monoisotopic (exact) mass is 392 g/mol. The Morgan fingerprint density at radius 3 is 2.75 bits per heavy atom. The molecule has 2 amide bonds. The first kappa shape index (κ1) is 18.4. The smallest absolute Gasteiger partial charge is 0.291 e. The molecule has 5 nitrogen and oxygen atoms in total. The summed E-state index contributed by atoms with van der Waals surface area (Å²) in [6.07, 6.45) is 1.47. The van der Waals surface area contributed by atoms with Crippen LogP contribution in [0.2, 0.25) is 0 Å². The zero-order chi connectivity index (χ0) is 19.7. The fourth-order valence-electron chi connectivity index (χ4n) is 3.38. The highest BCUT2D eigenvalue weighted by Crippen LogP contribution is 2.43. The van der Waals surface area contributed by atoms with Crippen molar-refractivity contribution in [1.29, 1.82) is 0 Å². The fourth-order valence-corrected chi connectivity index (χ4v) is 4.54. The number of benzene rings is 2. The molecule has 0 aliphatic carbocycles. The van der Waals surface area contributed by atoms with E-state index in [-0.39, 0.29) is 22.9 Å².